The van der Waals surface area contributed by atoms with Gasteiger partial charge in [0.15, 0.2) is 5.78 Å². The zero-order chi connectivity index (χ0) is 26.6. The average Bonchev–Trinajstić information content (AvgIpc) is 3.34. The van der Waals surface area contributed by atoms with E-state index in [2.05, 4.69) is 25.7 Å². The predicted molar refractivity (Wildman–Crippen MR) is 147 cm³/mol. The molecule has 0 radical (unpaired) electrons. The second-order valence-corrected chi connectivity index (χ2v) is 9.69. The lowest BCUT2D eigenvalue weighted by Crippen LogP contribution is -2.31. The molecule has 38 heavy (non-hydrogen) atoms. The number of amides is 1. The number of methoxy groups -OCH3 is 1. The molecule has 0 aliphatic carbocycles. The summed E-state index contributed by atoms with van der Waals surface area (Å²) in [6.07, 6.45) is 3.38. The van der Waals surface area contributed by atoms with Gasteiger partial charge in [-0.1, -0.05) is 59.8 Å². The van der Waals surface area contributed by atoms with Gasteiger partial charge in [0, 0.05) is 23.7 Å². The summed E-state index contributed by atoms with van der Waals surface area (Å²) in [6, 6.07) is 17.8. The Morgan fingerprint density at radius 1 is 1.08 bits per heavy atom. The summed E-state index contributed by atoms with van der Waals surface area (Å²) >= 11 is 1.25. The summed E-state index contributed by atoms with van der Waals surface area (Å²) in [6.45, 7) is 3.81. The molecule has 10 heteroatoms. The van der Waals surface area contributed by atoms with Crippen molar-refractivity contribution in [3.8, 4) is 5.75 Å². The Morgan fingerprint density at radius 3 is 2.61 bits per heavy atom. The number of pyridine rings is 1. The number of thioether (sulfide) groups is 1. The number of aromatic nitrogens is 4. The molecule has 0 bridgehead atoms. The molecule has 3 heterocycles. The molecule has 0 saturated carbocycles. The Kier molecular flexibility index (Phi) is 7.23. The van der Waals surface area contributed by atoms with Crippen LogP contribution in [-0.4, -0.2) is 44.3 Å². The SMILES string of the molecule is COc1ccccc1NC(=O)C1=C(C)Nc2nc(SCC(=O)c3ccc(C)cc3)nn2[C@@H]1c1cccnc1. The third-order valence-corrected chi connectivity index (χ3v) is 6.98. The first-order valence-electron chi connectivity index (χ1n) is 12.0. The molecule has 0 unspecified atom stereocenters. The van der Waals surface area contributed by atoms with Gasteiger partial charge in [-0.2, -0.15) is 4.98 Å². The van der Waals surface area contributed by atoms with Crippen LogP contribution in [-0.2, 0) is 4.79 Å². The molecular formula is C28H26N6O3S. The summed E-state index contributed by atoms with van der Waals surface area (Å²) in [5, 5.41) is 11.3. The number of carbonyl (C=O) groups excluding carboxylic acids is 2. The number of Topliss-reactive ketones (excluding diaryl/α,β-unsaturated/α-hetero) is 1. The number of hydrogen-bond acceptors (Lipinski definition) is 8. The first-order chi connectivity index (χ1) is 18.4. The minimum atomic E-state index is -0.579. The second kappa shape index (κ2) is 10.9. The van der Waals surface area contributed by atoms with Gasteiger partial charge in [-0.3, -0.25) is 14.6 Å². The van der Waals surface area contributed by atoms with E-state index in [0.717, 1.165) is 11.1 Å². The minimum Gasteiger partial charge on any atom is -0.495 e. The molecule has 1 aliphatic rings. The van der Waals surface area contributed by atoms with Crippen molar-refractivity contribution < 1.29 is 14.3 Å². The number of anilines is 2. The van der Waals surface area contributed by atoms with Crippen LogP contribution in [0.5, 0.6) is 5.75 Å². The number of para-hydroxylation sites is 2. The van der Waals surface area contributed by atoms with Crippen LogP contribution in [0.3, 0.4) is 0 Å². The maximum absolute atomic E-state index is 13.6. The molecule has 4 aromatic rings. The lowest BCUT2D eigenvalue weighted by molar-refractivity contribution is -0.113. The van der Waals surface area contributed by atoms with Gasteiger partial charge in [0.05, 0.1) is 24.1 Å². The van der Waals surface area contributed by atoms with Crippen molar-refractivity contribution in [3.63, 3.8) is 0 Å². The third-order valence-electron chi connectivity index (χ3n) is 6.14. The molecule has 1 atom stereocenters. The average molecular weight is 527 g/mol. The van der Waals surface area contributed by atoms with Crippen molar-refractivity contribution in [3.05, 3.63) is 101 Å². The Hall–Kier alpha value is -4.44. The number of aryl methyl sites for hydroxylation is 1. The second-order valence-electron chi connectivity index (χ2n) is 8.75. The Morgan fingerprint density at radius 2 is 1.87 bits per heavy atom. The predicted octanol–water partition coefficient (Wildman–Crippen LogP) is 4.89. The summed E-state index contributed by atoms with van der Waals surface area (Å²) < 4.78 is 7.07. The van der Waals surface area contributed by atoms with Gasteiger partial charge < -0.3 is 15.4 Å². The maximum atomic E-state index is 13.6. The van der Waals surface area contributed by atoms with Gasteiger partial charge in [0.1, 0.15) is 11.8 Å². The normalized spacial score (nSPS) is 14.4. The fourth-order valence-corrected chi connectivity index (χ4v) is 4.95. The summed E-state index contributed by atoms with van der Waals surface area (Å²) in [5.74, 6) is 0.913. The summed E-state index contributed by atoms with van der Waals surface area (Å²) in [7, 11) is 1.56. The number of benzene rings is 2. The number of fused-ring (bicyclic) bond motifs is 1. The van der Waals surface area contributed by atoms with Crippen LogP contribution < -0.4 is 15.4 Å². The van der Waals surface area contributed by atoms with Crippen LogP contribution in [0.15, 0.2) is 89.5 Å². The highest BCUT2D eigenvalue weighted by Gasteiger charge is 2.35. The smallest absolute Gasteiger partial charge is 0.255 e. The van der Waals surface area contributed by atoms with E-state index in [0.29, 0.717) is 39.4 Å². The van der Waals surface area contributed by atoms with Crippen LogP contribution in [0.4, 0.5) is 11.6 Å². The molecule has 5 rings (SSSR count). The van der Waals surface area contributed by atoms with Gasteiger partial charge in [-0.25, -0.2) is 4.68 Å². The quantitative estimate of drug-likeness (QED) is 0.247. The molecule has 2 aromatic heterocycles. The number of allylic oxidation sites excluding steroid dienone is 1. The zero-order valence-corrected chi connectivity index (χ0v) is 22.0. The third kappa shape index (κ3) is 5.16. The Balaban J connectivity index is 1.44. The van der Waals surface area contributed by atoms with Crippen LogP contribution in [0, 0.1) is 6.92 Å². The fourth-order valence-electron chi connectivity index (χ4n) is 4.22. The van der Waals surface area contributed by atoms with Gasteiger partial charge in [-0.15, -0.1) is 5.10 Å². The van der Waals surface area contributed by atoms with Gasteiger partial charge in [0.2, 0.25) is 11.1 Å². The van der Waals surface area contributed by atoms with Crippen molar-refractivity contribution in [2.45, 2.75) is 25.0 Å². The molecule has 0 saturated heterocycles. The number of hydrogen-bond donors (Lipinski definition) is 2. The van der Waals surface area contributed by atoms with E-state index in [1.165, 1.54) is 11.8 Å². The van der Waals surface area contributed by atoms with Crippen molar-refractivity contribution in [2.24, 2.45) is 0 Å². The molecule has 0 fully saturated rings. The number of rotatable bonds is 8. The van der Waals surface area contributed by atoms with Crippen molar-refractivity contribution in [2.75, 3.05) is 23.5 Å². The fraction of sp³-hybridized carbons (Fsp3) is 0.179. The first kappa shape index (κ1) is 25.2. The number of ether oxygens (including phenoxy) is 1. The number of nitrogens with zero attached hydrogens (tertiary/aromatic N) is 4. The monoisotopic (exact) mass is 526 g/mol. The van der Waals surface area contributed by atoms with E-state index in [-0.39, 0.29) is 17.4 Å². The van der Waals surface area contributed by atoms with E-state index < -0.39 is 6.04 Å². The first-order valence-corrected chi connectivity index (χ1v) is 12.9. The van der Waals surface area contributed by atoms with E-state index >= 15 is 0 Å². The number of carbonyl (C=O) groups is 2. The maximum Gasteiger partial charge on any atom is 0.255 e. The minimum absolute atomic E-state index is 0.00859. The lowest BCUT2D eigenvalue weighted by Gasteiger charge is -2.28. The van der Waals surface area contributed by atoms with E-state index in [4.69, 9.17) is 4.74 Å². The van der Waals surface area contributed by atoms with E-state index in [9.17, 15) is 9.59 Å². The van der Waals surface area contributed by atoms with Gasteiger partial charge >= 0.3 is 0 Å². The standard InChI is InChI=1S/C28H26N6O3S/c1-17-10-12-19(13-11-17)22(35)16-38-28-32-27-30-18(2)24(25(34(27)33-28)20-7-6-14-29-15-20)26(36)31-21-8-4-5-9-23(21)37-3/h4-15,25H,16H2,1-3H3,(H,31,36)(H,30,32,33)/t25-/m1/s1. The molecular weight excluding hydrogens is 500 g/mol. The summed E-state index contributed by atoms with van der Waals surface area (Å²) in [5.41, 5.74) is 4.18. The largest absolute Gasteiger partial charge is 0.495 e. The topological polar surface area (TPSA) is 111 Å². The Labute approximate surface area is 224 Å². The summed E-state index contributed by atoms with van der Waals surface area (Å²) in [4.78, 5) is 35.2. The molecule has 1 amide bonds. The highest BCUT2D eigenvalue weighted by Crippen LogP contribution is 2.37. The van der Waals surface area contributed by atoms with Gasteiger partial charge in [-0.05, 0) is 37.6 Å². The molecule has 192 valence electrons. The number of ketones is 1. The van der Waals surface area contributed by atoms with Crippen molar-refractivity contribution in [1.29, 1.82) is 0 Å². The number of nitrogens with one attached hydrogen (secondary N) is 2. The molecule has 1 aliphatic heterocycles. The van der Waals surface area contributed by atoms with Crippen molar-refractivity contribution >= 4 is 35.1 Å². The van der Waals surface area contributed by atoms with Crippen LogP contribution in [0.1, 0.15) is 34.5 Å². The van der Waals surface area contributed by atoms with Crippen LogP contribution >= 0.6 is 11.8 Å². The Bertz CT molecular complexity index is 1520. The molecule has 2 N–H and O–H groups in total. The molecule has 2 aromatic carbocycles. The van der Waals surface area contributed by atoms with Crippen LogP contribution in [0.25, 0.3) is 0 Å². The highest BCUT2D eigenvalue weighted by atomic mass is 32.2. The van der Waals surface area contributed by atoms with Crippen LogP contribution in [0.2, 0.25) is 0 Å². The molecule has 9 nitrogen and oxygen atoms in total. The van der Waals surface area contributed by atoms with Crippen molar-refractivity contribution in [1.82, 2.24) is 19.7 Å². The van der Waals surface area contributed by atoms with Gasteiger partial charge in [0.25, 0.3) is 5.91 Å². The zero-order valence-electron chi connectivity index (χ0n) is 21.1. The van der Waals surface area contributed by atoms with E-state index in [1.807, 2.05) is 62.4 Å². The lowest BCUT2D eigenvalue weighted by atomic mass is 9.96. The van der Waals surface area contributed by atoms with E-state index in [1.54, 1.807) is 36.3 Å². The molecule has 0 spiro atoms. The highest BCUT2D eigenvalue weighted by molar-refractivity contribution is 7.99.